The Hall–Kier alpha value is -3.33. The summed E-state index contributed by atoms with van der Waals surface area (Å²) >= 11 is 0. The first kappa shape index (κ1) is 28.9. The van der Waals surface area contributed by atoms with Gasteiger partial charge in [0.1, 0.15) is 11.5 Å². The number of carbonyl (C=O) groups is 2. The highest BCUT2D eigenvalue weighted by molar-refractivity contribution is 5.91. The zero-order valence-electron chi connectivity index (χ0n) is 20.2. The Balaban J connectivity index is 1.72. The van der Waals surface area contributed by atoms with E-state index in [1.807, 2.05) is 0 Å². The zero-order valence-corrected chi connectivity index (χ0v) is 20.2. The number of carbonyl (C=O) groups excluding carboxylic acids is 2. The van der Waals surface area contributed by atoms with Crippen LogP contribution in [0.4, 0.5) is 13.2 Å². The number of methoxy groups -OCH3 is 1. The van der Waals surface area contributed by atoms with Crippen molar-refractivity contribution in [1.29, 1.82) is 0 Å². The van der Waals surface area contributed by atoms with Gasteiger partial charge in [-0.05, 0) is 73.7 Å². The predicted octanol–water partition coefficient (Wildman–Crippen LogP) is 6.39. The molecule has 0 aliphatic heterocycles. The van der Waals surface area contributed by atoms with Crippen LogP contribution < -0.4 is 9.47 Å². The molecule has 0 aliphatic carbocycles. The number of rotatable bonds is 15. The van der Waals surface area contributed by atoms with E-state index in [0.717, 1.165) is 37.9 Å². The normalized spacial score (nSPS) is 11.4. The number of esters is 2. The second-order valence-corrected chi connectivity index (χ2v) is 7.96. The Bertz CT molecular complexity index is 953. The van der Waals surface area contributed by atoms with Crippen molar-refractivity contribution in [3.8, 4) is 11.5 Å². The first-order valence-electron chi connectivity index (χ1n) is 11.7. The lowest BCUT2D eigenvalue weighted by molar-refractivity contribution is -0.138. The summed E-state index contributed by atoms with van der Waals surface area (Å²) in [6.45, 7) is 1.04. The Morgan fingerprint density at radius 3 is 2.08 bits per heavy atom. The fourth-order valence-corrected chi connectivity index (χ4v) is 3.05. The minimum Gasteiger partial charge on any atom is -0.494 e. The summed E-state index contributed by atoms with van der Waals surface area (Å²) in [6.07, 6.45) is 1.51. The smallest absolute Gasteiger partial charge is 0.389 e. The summed E-state index contributed by atoms with van der Waals surface area (Å²) in [7, 11) is 1.67. The third kappa shape index (κ3) is 12.4. The summed E-state index contributed by atoms with van der Waals surface area (Å²) in [5, 5.41) is 0. The van der Waals surface area contributed by atoms with Crippen LogP contribution in [-0.2, 0) is 14.3 Å². The highest BCUT2D eigenvalue weighted by Gasteiger charge is 2.26. The van der Waals surface area contributed by atoms with Gasteiger partial charge in [-0.3, -0.25) is 0 Å². The largest absolute Gasteiger partial charge is 0.494 e. The molecular weight excluding hydrogens is 477 g/mol. The Morgan fingerprint density at radius 1 is 0.806 bits per heavy atom. The minimum atomic E-state index is -4.21. The summed E-state index contributed by atoms with van der Waals surface area (Å²) in [5.74, 6) is -0.325. The second-order valence-electron chi connectivity index (χ2n) is 7.96. The predicted molar refractivity (Wildman–Crippen MR) is 129 cm³/mol. The third-order valence-corrected chi connectivity index (χ3v) is 4.95. The monoisotopic (exact) mass is 508 g/mol. The van der Waals surface area contributed by atoms with Gasteiger partial charge in [-0.2, -0.15) is 13.2 Å². The first-order valence-corrected chi connectivity index (χ1v) is 11.7. The van der Waals surface area contributed by atoms with Gasteiger partial charge in [0, 0.05) is 26.2 Å². The van der Waals surface area contributed by atoms with E-state index in [-0.39, 0.29) is 18.6 Å². The van der Waals surface area contributed by atoms with E-state index in [4.69, 9.17) is 18.9 Å². The molecule has 0 amide bonds. The molecule has 0 atom stereocenters. The fourth-order valence-electron chi connectivity index (χ4n) is 3.05. The molecule has 0 fully saturated rings. The average molecular weight is 509 g/mol. The van der Waals surface area contributed by atoms with E-state index in [0.29, 0.717) is 18.1 Å². The van der Waals surface area contributed by atoms with Gasteiger partial charge in [-0.15, -0.1) is 0 Å². The van der Waals surface area contributed by atoms with Crippen LogP contribution in [0.15, 0.2) is 54.6 Å². The van der Waals surface area contributed by atoms with Gasteiger partial charge in [-0.25, -0.2) is 9.59 Å². The van der Waals surface area contributed by atoms with Gasteiger partial charge in [0.25, 0.3) is 0 Å². The zero-order chi connectivity index (χ0) is 26.2. The van der Waals surface area contributed by atoms with Crippen LogP contribution in [0.5, 0.6) is 11.5 Å². The lowest BCUT2D eigenvalue weighted by Gasteiger charge is -2.09. The van der Waals surface area contributed by atoms with Crippen LogP contribution in [0.1, 0.15) is 54.4 Å². The lowest BCUT2D eigenvalue weighted by Crippen LogP contribution is -2.10. The maximum absolute atomic E-state index is 12.3. The minimum absolute atomic E-state index is 0.0723. The lowest BCUT2D eigenvalue weighted by atomic mass is 10.2. The van der Waals surface area contributed by atoms with Crippen molar-refractivity contribution < 1.29 is 41.7 Å². The van der Waals surface area contributed by atoms with Gasteiger partial charge in [0.05, 0.1) is 18.8 Å². The number of benzene rings is 2. The second kappa shape index (κ2) is 15.6. The van der Waals surface area contributed by atoms with Crippen molar-refractivity contribution in [2.75, 3.05) is 26.9 Å². The number of unbranched alkanes of at least 4 members (excludes halogenated alkanes) is 3. The van der Waals surface area contributed by atoms with Crippen LogP contribution in [0.3, 0.4) is 0 Å². The molecule has 0 N–H and O–H groups in total. The maximum atomic E-state index is 12.3. The van der Waals surface area contributed by atoms with Crippen molar-refractivity contribution in [1.82, 2.24) is 0 Å². The fraction of sp³-hybridized carbons (Fsp3) is 0.407. The molecule has 0 spiro atoms. The Labute approximate surface area is 209 Å². The van der Waals surface area contributed by atoms with Crippen molar-refractivity contribution in [2.24, 2.45) is 0 Å². The SMILES string of the molecule is COCCCCCCOC(=O)C=Cc1ccc(OC(=O)c2ccc(OCCCC(F)(F)F)cc2)cc1. The number of halogens is 3. The topological polar surface area (TPSA) is 71.1 Å². The van der Waals surface area contributed by atoms with Crippen molar-refractivity contribution in [3.05, 3.63) is 65.7 Å². The molecule has 0 unspecified atom stereocenters. The van der Waals surface area contributed by atoms with Gasteiger partial charge < -0.3 is 18.9 Å². The summed E-state index contributed by atoms with van der Waals surface area (Å²) < 4.78 is 57.2. The third-order valence-electron chi connectivity index (χ3n) is 4.95. The average Bonchev–Trinajstić information content (AvgIpc) is 2.85. The van der Waals surface area contributed by atoms with E-state index in [1.165, 1.54) is 30.3 Å². The van der Waals surface area contributed by atoms with Crippen LogP contribution in [0.2, 0.25) is 0 Å². The summed E-state index contributed by atoms with van der Waals surface area (Å²) in [6, 6.07) is 12.5. The molecule has 0 aromatic heterocycles. The molecule has 196 valence electrons. The van der Waals surface area contributed by atoms with Crippen molar-refractivity contribution >= 4 is 18.0 Å². The quantitative estimate of drug-likeness (QED) is 0.120. The van der Waals surface area contributed by atoms with Crippen molar-refractivity contribution in [2.45, 2.75) is 44.7 Å². The van der Waals surface area contributed by atoms with Gasteiger partial charge in [-0.1, -0.05) is 18.6 Å². The number of alkyl halides is 3. The molecule has 2 aromatic carbocycles. The highest BCUT2D eigenvalue weighted by Crippen LogP contribution is 2.22. The molecule has 2 rings (SSSR count). The molecule has 0 saturated heterocycles. The molecule has 0 bridgehead atoms. The molecule has 0 aliphatic rings. The first-order chi connectivity index (χ1) is 17.3. The molecule has 9 heteroatoms. The van der Waals surface area contributed by atoms with E-state index in [1.54, 1.807) is 37.5 Å². The van der Waals surface area contributed by atoms with Crippen LogP contribution >= 0.6 is 0 Å². The molecule has 2 aromatic rings. The van der Waals surface area contributed by atoms with Crippen LogP contribution in [-0.4, -0.2) is 45.0 Å². The maximum Gasteiger partial charge on any atom is 0.389 e. The van der Waals surface area contributed by atoms with E-state index in [2.05, 4.69) is 0 Å². The van der Waals surface area contributed by atoms with E-state index in [9.17, 15) is 22.8 Å². The number of hydrogen-bond acceptors (Lipinski definition) is 6. The molecule has 6 nitrogen and oxygen atoms in total. The van der Waals surface area contributed by atoms with E-state index >= 15 is 0 Å². The summed E-state index contributed by atoms with van der Waals surface area (Å²) in [5.41, 5.74) is 1.00. The number of ether oxygens (including phenoxy) is 4. The van der Waals surface area contributed by atoms with Gasteiger partial charge in [0.2, 0.25) is 0 Å². The summed E-state index contributed by atoms with van der Waals surface area (Å²) in [4.78, 5) is 24.1. The molecule has 0 radical (unpaired) electrons. The van der Waals surface area contributed by atoms with Gasteiger partial charge >= 0.3 is 18.1 Å². The van der Waals surface area contributed by atoms with Crippen LogP contribution in [0.25, 0.3) is 6.08 Å². The molecule has 36 heavy (non-hydrogen) atoms. The van der Waals surface area contributed by atoms with Crippen LogP contribution in [0, 0.1) is 0 Å². The van der Waals surface area contributed by atoms with E-state index < -0.39 is 24.5 Å². The molecule has 0 heterocycles. The Kier molecular flexibility index (Phi) is 12.5. The highest BCUT2D eigenvalue weighted by atomic mass is 19.4. The molecule has 0 saturated carbocycles. The molecular formula is C27H31F3O6. The van der Waals surface area contributed by atoms with Crippen molar-refractivity contribution in [3.63, 3.8) is 0 Å². The van der Waals surface area contributed by atoms with Gasteiger partial charge in [0.15, 0.2) is 0 Å². The standard InChI is InChI=1S/C27H31F3O6/c1-33-18-4-2-3-5-19-35-25(31)16-9-21-7-12-24(13-8-21)36-26(32)22-10-14-23(15-11-22)34-20-6-17-27(28,29)30/h7-16H,2-6,17-20H2,1H3. The Morgan fingerprint density at radius 2 is 1.44 bits per heavy atom. The number of hydrogen-bond donors (Lipinski definition) is 0.